The van der Waals surface area contributed by atoms with E-state index in [1.807, 2.05) is 29.2 Å². The molecule has 4 heterocycles. The van der Waals surface area contributed by atoms with Crippen LogP contribution in [0.5, 0.6) is 0 Å². The Morgan fingerprint density at radius 3 is 2.70 bits per heavy atom. The van der Waals surface area contributed by atoms with Crippen LogP contribution in [0.4, 0.5) is 5.82 Å². The van der Waals surface area contributed by atoms with Gasteiger partial charge in [-0.1, -0.05) is 24.1 Å². The number of carbonyl (C=O) groups excluding carboxylic acids is 1. The Hall–Kier alpha value is -4.87. The average Bonchev–Trinajstić information content (AvgIpc) is 3.31. The van der Waals surface area contributed by atoms with Crippen molar-refractivity contribution in [1.29, 1.82) is 5.26 Å². The highest BCUT2D eigenvalue weighted by atomic mass is 16.2. The van der Waals surface area contributed by atoms with Crippen LogP contribution in [-0.4, -0.2) is 50.8 Å². The Kier molecular flexibility index (Phi) is 7.16. The highest BCUT2D eigenvalue weighted by Gasteiger charge is 2.32. The third kappa shape index (κ3) is 4.40. The number of nitrogens with zero attached hydrogens (tertiary/aromatic N) is 6. The lowest BCUT2D eigenvalue weighted by Crippen LogP contribution is -2.44. The summed E-state index contributed by atoms with van der Waals surface area (Å²) >= 11 is 0. The minimum Gasteiger partial charge on any atom is -0.356 e. The molecular formula is C29H30N8O3. The molecule has 1 saturated heterocycles. The summed E-state index contributed by atoms with van der Waals surface area (Å²) < 4.78 is 4.10. The fraction of sp³-hybridized carbons (Fsp3) is 0.345. The van der Waals surface area contributed by atoms with Crippen molar-refractivity contribution < 1.29 is 4.79 Å². The van der Waals surface area contributed by atoms with E-state index in [0.29, 0.717) is 30.1 Å². The van der Waals surface area contributed by atoms with E-state index >= 15 is 0 Å². The van der Waals surface area contributed by atoms with Crippen LogP contribution in [-0.2, 0) is 20.1 Å². The molecule has 1 aromatic carbocycles. The molecule has 4 aromatic rings. The van der Waals surface area contributed by atoms with E-state index in [9.17, 15) is 19.6 Å². The van der Waals surface area contributed by atoms with Gasteiger partial charge in [-0.2, -0.15) is 5.26 Å². The number of aryl methyl sites for hydroxylation is 1. The monoisotopic (exact) mass is 538 g/mol. The third-order valence-corrected chi connectivity index (χ3v) is 7.37. The number of aromatic nitrogens is 4. The fourth-order valence-electron chi connectivity index (χ4n) is 5.47. The van der Waals surface area contributed by atoms with Crippen molar-refractivity contribution in [2.24, 2.45) is 12.8 Å². The fourth-order valence-corrected chi connectivity index (χ4v) is 5.47. The predicted octanol–water partition coefficient (Wildman–Crippen LogP) is 1.28. The van der Waals surface area contributed by atoms with E-state index in [1.165, 1.54) is 18.7 Å². The van der Waals surface area contributed by atoms with E-state index < -0.39 is 17.2 Å². The summed E-state index contributed by atoms with van der Waals surface area (Å²) in [6.07, 6.45) is 1.68. The normalized spacial score (nSPS) is 15.1. The number of benzene rings is 1. The first-order valence-corrected chi connectivity index (χ1v) is 13.1. The number of piperidine rings is 1. The summed E-state index contributed by atoms with van der Waals surface area (Å²) in [5.74, 6) is 5.98. The van der Waals surface area contributed by atoms with Crippen molar-refractivity contribution in [3.05, 3.63) is 68.0 Å². The lowest BCUT2D eigenvalue weighted by molar-refractivity contribution is 0.0964. The number of anilines is 1. The molecule has 1 unspecified atom stereocenters. The van der Waals surface area contributed by atoms with Crippen LogP contribution in [0.3, 0.4) is 0 Å². The van der Waals surface area contributed by atoms with Crippen LogP contribution in [0.25, 0.3) is 21.9 Å². The van der Waals surface area contributed by atoms with Gasteiger partial charge in [0.05, 0.1) is 35.4 Å². The number of nitrogens with two attached hydrogens (primary N) is 1. The first kappa shape index (κ1) is 26.7. The maximum atomic E-state index is 14.2. The Labute approximate surface area is 230 Å². The maximum absolute atomic E-state index is 14.2. The third-order valence-electron chi connectivity index (χ3n) is 7.37. The van der Waals surface area contributed by atoms with Gasteiger partial charge in [0.2, 0.25) is 0 Å². The highest BCUT2D eigenvalue weighted by Crippen LogP contribution is 2.32. The van der Waals surface area contributed by atoms with Crippen molar-refractivity contribution in [2.45, 2.75) is 38.9 Å². The molecule has 1 atom stereocenters. The van der Waals surface area contributed by atoms with E-state index in [-0.39, 0.29) is 41.3 Å². The highest BCUT2D eigenvalue weighted by molar-refractivity contribution is 6.11. The van der Waals surface area contributed by atoms with Gasteiger partial charge in [-0.15, -0.1) is 5.92 Å². The summed E-state index contributed by atoms with van der Waals surface area (Å²) in [5.41, 5.74) is 6.94. The standard InChI is InChI=1S/C29H30N8O3/c1-4-5-13-36-25-24(23(26(38)32-2)27(36)35-12-8-10-20(31)16-35)34(3)29(40)37(28(25)39)17-22-19(15-30)14-18-9-6-7-11-21(18)33-22/h6-7,9,11,14,20H,8,10,12-13,16-17,31H2,1-3H3,(H,32,38). The second-order valence-corrected chi connectivity index (χ2v) is 9.86. The molecule has 0 bridgehead atoms. The van der Waals surface area contributed by atoms with Crippen LogP contribution < -0.4 is 27.2 Å². The molecule has 0 spiro atoms. The summed E-state index contributed by atoms with van der Waals surface area (Å²) in [4.78, 5) is 47.8. The molecule has 1 amide bonds. The first-order chi connectivity index (χ1) is 19.3. The minimum absolute atomic E-state index is 0.0983. The van der Waals surface area contributed by atoms with Gasteiger partial charge in [-0.3, -0.25) is 18.7 Å². The van der Waals surface area contributed by atoms with Gasteiger partial charge in [-0.05, 0) is 31.9 Å². The van der Waals surface area contributed by atoms with Gasteiger partial charge < -0.3 is 20.5 Å². The molecule has 3 aromatic heterocycles. The number of nitrogens with one attached hydrogen (secondary N) is 1. The van der Waals surface area contributed by atoms with Crippen LogP contribution in [0.1, 0.15) is 41.4 Å². The average molecular weight is 539 g/mol. The lowest BCUT2D eigenvalue weighted by Gasteiger charge is -2.33. The molecule has 0 radical (unpaired) electrons. The van der Waals surface area contributed by atoms with Gasteiger partial charge >= 0.3 is 5.69 Å². The van der Waals surface area contributed by atoms with Crippen molar-refractivity contribution in [2.75, 3.05) is 25.0 Å². The Balaban J connectivity index is 1.82. The molecule has 1 fully saturated rings. The number of rotatable bonds is 5. The summed E-state index contributed by atoms with van der Waals surface area (Å²) in [7, 11) is 3.05. The summed E-state index contributed by atoms with van der Waals surface area (Å²) in [6.45, 7) is 2.76. The van der Waals surface area contributed by atoms with Gasteiger partial charge in [0.1, 0.15) is 23.0 Å². The molecular weight excluding hydrogens is 508 g/mol. The zero-order valence-corrected chi connectivity index (χ0v) is 22.7. The van der Waals surface area contributed by atoms with Crippen LogP contribution >= 0.6 is 0 Å². The molecule has 1 aliphatic heterocycles. The quantitative estimate of drug-likeness (QED) is 0.364. The van der Waals surface area contributed by atoms with Crippen LogP contribution in [0.15, 0.2) is 39.9 Å². The molecule has 5 rings (SSSR count). The van der Waals surface area contributed by atoms with Gasteiger partial charge in [0.15, 0.2) is 0 Å². The Bertz CT molecular complexity index is 1880. The Morgan fingerprint density at radius 1 is 1.23 bits per heavy atom. The van der Waals surface area contributed by atoms with E-state index in [0.717, 1.165) is 22.8 Å². The topological polar surface area (TPSA) is 144 Å². The number of hydrogen-bond donors (Lipinski definition) is 2. The predicted molar refractivity (Wildman–Crippen MR) is 153 cm³/mol. The van der Waals surface area contributed by atoms with Crippen molar-refractivity contribution in [3.8, 4) is 17.9 Å². The molecule has 0 aliphatic carbocycles. The maximum Gasteiger partial charge on any atom is 0.331 e. The number of pyridine rings is 1. The number of fused-ring (bicyclic) bond motifs is 2. The summed E-state index contributed by atoms with van der Waals surface area (Å²) in [6, 6.07) is 11.1. The molecule has 11 heteroatoms. The van der Waals surface area contributed by atoms with Crippen molar-refractivity contribution >= 4 is 33.7 Å². The number of carbonyl (C=O) groups is 1. The van der Waals surface area contributed by atoms with Gasteiger partial charge in [-0.25, -0.2) is 9.78 Å². The lowest BCUT2D eigenvalue weighted by atomic mass is 10.1. The summed E-state index contributed by atoms with van der Waals surface area (Å²) in [5, 5.41) is 13.3. The largest absolute Gasteiger partial charge is 0.356 e. The zero-order chi connectivity index (χ0) is 28.6. The molecule has 0 saturated carbocycles. The van der Waals surface area contributed by atoms with Crippen molar-refractivity contribution in [3.63, 3.8) is 0 Å². The van der Waals surface area contributed by atoms with Crippen LogP contribution in [0, 0.1) is 23.2 Å². The first-order valence-electron chi connectivity index (χ1n) is 13.1. The SMILES string of the molecule is CC#CCn1c(N2CCCC(N)C2)c(C(=O)NC)c2c1c(=O)n(Cc1nc3ccccc3cc1C#N)c(=O)n2C. The zero-order valence-electron chi connectivity index (χ0n) is 22.7. The van der Waals surface area contributed by atoms with E-state index in [4.69, 9.17) is 5.73 Å². The van der Waals surface area contributed by atoms with E-state index in [2.05, 4.69) is 28.2 Å². The minimum atomic E-state index is -0.623. The molecule has 11 nitrogen and oxygen atoms in total. The Morgan fingerprint density at radius 2 is 2.00 bits per heavy atom. The number of hydrogen-bond acceptors (Lipinski definition) is 7. The molecule has 1 aliphatic rings. The molecule has 40 heavy (non-hydrogen) atoms. The second kappa shape index (κ2) is 10.7. The molecule has 204 valence electrons. The number of nitriles is 1. The van der Waals surface area contributed by atoms with Crippen LogP contribution in [0.2, 0.25) is 0 Å². The molecule has 3 N–H and O–H groups in total. The number of amides is 1. The van der Waals surface area contributed by atoms with Gasteiger partial charge in [0.25, 0.3) is 11.5 Å². The second-order valence-electron chi connectivity index (χ2n) is 9.86. The number of para-hydroxylation sites is 1. The van der Waals surface area contributed by atoms with E-state index in [1.54, 1.807) is 17.6 Å². The smallest absolute Gasteiger partial charge is 0.331 e. The van der Waals surface area contributed by atoms with Gasteiger partial charge in [0, 0.05) is 38.6 Å². The van der Waals surface area contributed by atoms with Crippen molar-refractivity contribution in [1.82, 2.24) is 24.0 Å².